The maximum absolute atomic E-state index is 11.8. The molecule has 0 aliphatic heterocycles. The molecule has 0 radical (unpaired) electrons. The van der Waals surface area contributed by atoms with Gasteiger partial charge >= 0.3 is 0 Å². The molecule has 94 valence electrons. The molecule has 1 rings (SSSR count). The lowest BCUT2D eigenvalue weighted by Crippen LogP contribution is -2.27. The summed E-state index contributed by atoms with van der Waals surface area (Å²) in [4.78, 5) is 16.3. The number of rotatable bonds is 5. The van der Waals surface area contributed by atoms with Crippen molar-refractivity contribution in [1.29, 1.82) is 0 Å². The molecule has 5 nitrogen and oxygen atoms in total. The molecule has 0 aromatic heterocycles. The van der Waals surface area contributed by atoms with Crippen molar-refractivity contribution in [3.63, 3.8) is 0 Å². The molecule has 0 N–H and O–H groups in total. The van der Waals surface area contributed by atoms with Crippen molar-refractivity contribution in [3.8, 4) is 0 Å². The third kappa shape index (κ3) is 3.83. The minimum absolute atomic E-state index is 0.0957. The Morgan fingerprint density at radius 1 is 1.29 bits per heavy atom. The lowest BCUT2D eigenvalue weighted by Gasteiger charge is -2.13. The van der Waals surface area contributed by atoms with Gasteiger partial charge in [-0.1, -0.05) is 18.2 Å². The molecule has 0 aliphatic rings. The Morgan fingerprint density at radius 3 is 2.41 bits per heavy atom. The Labute approximate surface area is 101 Å². The lowest BCUT2D eigenvalue weighted by molar-refractivity contribution is -0.168. The van der Waals surface area contributed by atoms with E-state index in [4.69, 9.17) is 0 Å². The predicted octanol–water partition coefficient (Wildman–Crippen LogP) is 0.870. The fraction of sp³-hybridized carbons (Fsp3) is 0.364. The first-order chi connectivity index (χ1) is 7.97. The van der Waals surface area contributed by atoms with Gasteiger partial charge in [-0.25, -0.2) is 13.5 Å². The molecular weight excluding hydrogens is 242 g/mol. The first kappa shape index (κ1) is 13.7. The summed E-state index contributed by atoms with van der Waals surface area (Å²) in [6, 6.07) is 8.06. The summed E-state index contributed by atoms with van der Waals surface area (Å²) in [7, 11) is -0.607. The molecule has 0 bridgehead atoms. The number of carbonyl (C=O) groups excluding carboxylic acids is 1. The van der Waals surface area contributed by atoms with Crippen LogP contribution < -0.4 is 0 Å². The monoisotopic (exact) mass is 257 g/mol. The molecule has 0 atom stereocenters. The molecule has 0 unspecified atom stereocenters. The summed E-state index contributed by atoms with van der Waals surface area (Å²) in [5.41, 5.74) is 0. The zero-order valence-corrected chi connectivity index (χ0v) is 10.6. The van der Waals surface area contributed by atoms with Crippen molar-refractivity contribution in [2.24, 2.45) is 0 Å². The smallest absolute Gasteiger partial charge is 0.246 e. The number of hydroxylamine groups is 2. The van der Waals surface area contributed by atoms with Crippen LogP contribution in [0.2, 0.25) is 0 Å². The van der Waals surface area contributed by atoms with Crippen molar-refractivity contribution < 1.29 is 18.0 Å². The summed E-state index contributed by atoms with van der Waals surface area (Å²) in [6.07, 6.45) is -0.0957. The minimum Gasteiger partial charge on any atom is -0.275 e. The van der Waals surface area contributed by atoms with Crippen molar-refractivity contribution in [3.05, 3.63) is 30.3 Å². The van der Waals surface area contributed by atoms with Crippen LogP contribution in [-0.2, 0) is 19.5 Å². The quantitative estimate of drug-likeness (QED) is 0.734. The van der Waals surface area contributed by atoms with E-state index in [0.29, 0.717) is 0 Å². The Hall–Kier alpha value is -1.40. The van der Waals surface area contributed by atoms with E-state index >= 15 is 0 Å². The van der Waals surface area contributed by atoms with Crippen LogP contribution in [-0.4, -0.2) is 39.3 Å². The second-order valence-corrected chi connectivity index (χ2v) is 5.56. The molecule has 0 fully saturated rings. The van der Waals surface area contributed by atoms with Crippen molar-refractivity contribution in [2.75, 3.05) is 19.9 Å². The molecule has 0 heterocycles. The van der Waals surface area contributed by atoms with Crippen LogP contribution in [0, 0.1) is 0 Å². The van der Waals surface area contributed by atoms with Crippen LogP contribution in [0.25, 0.3) is 0 Å². The van der Waals surface area contributed by atoms with Crippen LogP contribution in [0.5, 0.6) is 0 Å². The van der Waals surface area contributed by atoms with E-state index in [1.54, 1.807) is 18.2 Å². The lowest BCUT2D eigenvalue weighted by atomic mass is 10.4. The van der Waals surface area contributed by atoms with E-state index in [0.717, 1.165) is 5.06 Å². The SMILES string of the molecule is CON(C)C(=O)CCS(=O)(=O)c1ccccc1. The Balaban J connectivity index is 2.67. The number of benzene rings is 1. The van der Waals surface area contributed by atoms with Crippen LogP contribution in [0.15, 0.2) is 35.2 Å². The molecule has 17 heavy (non-hydrogen) atoms. The summed E-state index contributed by atoms with van der Waals surface area (Å²) in [5.74, 6) is -0.587. The molecule has 0 saturated heterocycles. The number of carbonyl (C=O) groups is 1. The van der Waals surface area contributed by atoms with Gasteiger partial charge in [-0.2, -0.15) is 0 Å². The topological polar surface area (TPSA) is 63.7 Å². The molecule has 1 amide bonds. The third-order valence-electron chi connectivity index (χ3n) is 2.31. The highest BCUT2D eigenvalue weighted by Gasteiger charge is 2.17. The van der Waals surface area contributed by atoms with Crippen LogP contribution in [0.3, 0.4) is 0 Å². The Kier molecular flexibility index (Phi) is 4.65. The van der Waals surface area contributed by atoms with Gasteiger partial charge in [0, 0.05) is 13.5 Å². The standard InChI is InChI=1S/C11H15NO4S/c1-12(16-2)11(13)8-9-17(14,15)10-6-4-3-5-7-10/h3-7H,8-9H2,1-2H3. The zero-order chi connectivity index (χ0) is 12.9. The van der Waals surface area contributed by atoms with Crippen molar-refractivity contribution in [1.82, 2.24) is 5.06 Å². The summed E-state index contributed by atoms with van der Waals surface area (Å²) >= 11 is 0. The number of hydrogen-bond donors (Lipinski definition) is 0. The van der Waals surface area contributed by atoms with Gasteiger partial charge in [0.2, 0.25) is 5.91 Å². The van der Waals surface area contributed by atoms with E-state index in [-0.39, 0.29) is 23.0 Å². The third-order valence-corrected chi connectivity index (χ3v) is 4.04. The average Bonchev–Trinajstić information content (AvgIpc) is 2.36. The van der Waals surface area contributed by atoms with Crippen LogP contribution in [0.4, 0.5) is 0 Å². The Bertz CT molecular complexity index is 470. The Morgan fingerprint density at radius 2 is 1.88 bits per heavy atom. The van der Waals surface area contributed by atoms with Gasteiger partial charge in [0.05, 0.1) is 17.8 Å². The molecule has 1 aromatic carbocycles. The highest BCUT2D eigenvalue weighted by atomic mass is 32.2. The largest absolute Gasteiger partial charge is 0.275 e. The number of nitrogens with zero attached hydrogens (tertiary/aromatic N) is 1. The maximum atomic E-state index is 11.8. The van der Waals surface area contributed by atoms with Gasteiger partial charge in [0.25, 0.3) is 0 Å². The first-order valence-electron chi connectivity index (χ1n) is 5.06. The van der Waals surface area contributed by atoms with Gasteiger partial charge in [-0.15, -0.1) is 0 Å². The van der Waals surface area contributed by atoms with Crippen LogP contribution in [0.1, 0.15) is 6.42 Å². The van der Waals surface area contributed by atoms with E-state index in [1.165, 1.54) is 26.3 Å². The number of amides is 1. The molecule has 0 spiro atoms. The van der Waals surface area contributed by atoms with Crippen molar-refractivity contribution >= 4 is 15.7 Å². The normalized spacial score (nSPS) is 11.2. The summed E-state index contributed by atoms with van der Waals surface area (Å²) in [6.45, 7) is 0. The highest BCUT2D eigenvalue weighted by Crippen LogP contribution is 2.11. The number of sulfone groups is 1. The molecule has 1 aromatic rings. The van der Waals surface area contributed by atoms with E-state index in [2.05, 4.69) is 4.84 Å². The van der Waals surface area contributed by atoms with Gasteiger partial charge in [0.15, 0.2) is 9.84 Å². The van der Waals surface area contributed by atoms with E-state index in [9.17, 15) is 13.2 Å². The van der Waals surface area contributed by atoms with E-state index < -0.39 is 9.84 Å². The molecule has 6 heteroatoms. The second-order valence-electron chi connectivity index (χ2n) is 3.46. The van der Waals surface area contributed by atoms with Gasteiger partial charge in [-0.3, -0.25) is 9.63 Å². The first-order valence-corrected chi connectivity index (χ1v) is 6.71. The zero-order valence-electron chi connectivity index (χ0n) is 9.79. The maximum Gasteiger partial charge on any atom is 0.246 e. The summed E-state index contributed by atoms with van der Waals surface area (Å²) < 4.78 is 23.7. The average molecular weight is 257 g/mol. The molecular formula is C11H15NO4S. The highest BCUT2D eigenvalue weighted by molar-refractivity contribution is 7.91. The van der Waals surface area contributed by atoms with Gasteiger partial charge < -0.3 is 0 Å². The minimum atomic E-state index is -3.40. The molecule has 0 aliphatic carbocycles. The fourth-order valence-corrected chi connectivity index (χ4v) is 2.48. The van der Waals surface area contributed by atoms with Crippen LogP contribution >= 0.6 is 0 Å². The molecule has 0 saturated carbocycles. The van der Waals surface area contributed by atoms with Crippen molar-refractivity contribution in [2.45, 2.75) is 11.3 Å². The number of hydrogen-bond acceptors (Lipinski definition) is 4. The van der Waals surface area contributed by atoms with Gasteiger partial charge in [0.1, 0.15) is 0 Å². The van der Waals surface area contributed by atoms with E-state index in [1.807, 2.05) is 0 Å². The fourth-order valence-electron chi connectivity index (χ4n) is 1.23. The second kappa shape index (κ2) is 5.79. The predicted molar refractivity (Wildman–Crippen MR) is 62.9 cm³/mol. The summed E-state index contributed by atoms with van der Waals surface area (Å²) in [5, 5.41) is 1.01. The van der Waals surface area contributed by atoms with Gasteiger partial charge in [-0.05, 0) is 12.1 Å².